The second kappa shape index (κ2) is 14.0. The Bertz CT molecular complexity index is 1140. The Morgan fingerprint density at radius 2 is 1.70 bits per heavy atom. The first-order valence-electron chi connectivity index (χ1n) is 12.0. The van der Waals surface area contributed by atoms with Crippen molar-refractivity contribution in [3.63, 3.8) is 0 Å². The molecule has 0 aliphatic rings. The Hall–Kier alpha value is -3.04. The largest absolute Gasteiger partial charge is 0.490 e. The molecule has 4 N–H and O–H groups in total. The van der Waals surface area contributed by atoms with E-state index >= 15 is 0 Å². The predicted octanol–water partition coefficient (Wildman–Crippen LogP) is 4.19. The highest BCUT2D eigenvalue weighted by Gasteiger charge is 2.27. The summed E-state index contributed by atoms with van der Waals surface area (Å²) >= 11 is 5.84. The number of benzene rings is 3. The van der Waals surface area contributed by atoms with Gasteiger partial charge < -0.3 is 25.6 Å². The van der Waals surface area contributed by atoms with E-state index in [-0.39, 0.29) is 19.6 Å². The summed E-state index contributed by atoms with van der Waals surface area (Å²) in [6.45, 7) is 2.38. The Kier molecular flexibility index (Phi) is 10.8. The van der Waals surface area contributed by atoms with Crippen LogP contribution < -0.4 is 15.8 Å². The van der Waals surface area contributed by atoms with E-state index in [1.54, 1.807) is 24.3 Å². The summed E-state index contributed by atoms with van der Waals surface area (Å²) in [6, 6.07) is 16.8. The smallest absolute Gasteiger partial charge is 0.338 e. The van der Waals surface area contributed by atoms with Crippen molar-refractivity contribution in [1.29, 1.82) is 0 Å². The summed E-state index contributed by atoms with van der Waals surface area (Å²) in [6.07, 6.45) is -1.51. The van der Waals surface area contributed by atoms with E-state index in [0.29, 0.717) is 22.9 Å². The highest BCUT2D eigenvalue weighted by atomic mass is 35.5. The first kappa shape index (κ1) is 28.5. The maximum absolute atomic E-state index is 13.7. The number of halogens is 3. The van der Waals surface area contributed by atoms with Gasteiger partial charge in [-0.05, 0) is 65.9 Å². The number of carbonyl (C=O) groups excluding carboxylic acids is 1. The number of hydrogen-bond donors (Lipinski definition) is 3. The summed E-state index contributed by atoms with van der Waals surface area (Å²) in [5.41, 5.74) is 8.88. The second-order valence-corrected chi connectivity index (χ2v) is 9.14. The van der Waals surface area contributed by atoms with Crippen molar-refractivity contribution in [2.75, 3.05) is 13.2 Å². The molecule has 0 aliphatic carbocycles. The minimum atomic E-state index is -1.57. The SMILES string of the molecule is CCc1cccc(CNCC(OC(=O)[C@@H](O)COc2ccc(Cl)cc2)C(N)Cc2cc(F)cc(F)c2)c1. The van der Waals surface area contributed by atoms with Gasteiger partial charge in [0.25, 0.3) is 0 Å². The summed E-state index contributed by atoms with van der Waals surface area (Å²) in [7, 11) is 0. The van der Waals surface area contributed by atoms with Gasteiger partial charge in [0.15, 0.2) is 6.10 Å². The molecule has 0 saturated heterocycles. The molecular formula is C28H31ClF2N2O4. The number of carbonyl (C=O) groups is 1. The Balaban J connectivity index is 1.63. The number of aryl methyl sites for hydroxylation is 1. The number of nitrogens with one attached hydrogen (secondary N) is 1. The van der Waals surface area contributed by atoms with E-state index in [1.807, 2.05) is 18.2 Å². The molecule has 0 aliphatic heterocycles. The highest BCUT2D eigenvalue weighted by molar-refractivity contribution is 6.30. The Labute approximate surface area is 220 Å². The number of aliphatic hydroxyl groups is 1. The van der Waals surface area contributed by atoms with Crippen LogP contribution in [0.1, 0.15) is 23.6 Å². The summed E-state index contributed by atoms with van der Waals surface area (Å²) in [5.74, 6) is -1.94. The lowest BCUT2D eigenvalue weighted by Gasteiger charge is -2.26. The molecule has 0 heterocycles. The van der Waals surface area contributed by atoms with Gasteiger partial charge in [-0.1, -0.05) is 42.8 Å². The Morgan fingerprint density at radius 1 is 1.03 bits per heavy atom. The molecule has 6 nitrogen and oxygen atoms in total. The molecular weight excluding hydrogens is 502 g/mol. The molecule has 0 saturated carbocycles. The van der Waals surface area contributed by atoms with Crippen LogP contribution in [0.3, 0.4) is 0 Å². The van der Waals surface area contributed by atoms with E-state index < -0.39 is 35.9 Å². The molecule has 3 aromatic rings. The van der Waals surface area contributed by atoms with Crippen LogP contribution in [0.4, 0.5) is 8.78 Å². The zero-order chi connectivity index (χ0) is 26.8. The maximum atomic E-state index is 13.7. The average Bonchev–Trinajstić information content (AvgIpc) is 2.87. The van der Waals surface area contributed by atoms with Crippen LogP contribution in [0.5, 0.6) is 5.75 Å². The molecule has 3 aromatic carbocycles. The van der Waals surface area contributed by atoms with Gasteiger partial charge in [0.1, 0.15) is 30.1 Å². The lowest BCUT2D eigenvalue weighted by atomic mass is 10.0. The fraction of sp³-hybridized carbons (Fsp3) is 0.321. The van der Waals surface area contributed by atoms with Gasteiger partial charge in [-0.25, -0.2) is 13.6 Å². The second-order valence-electron chi connectivity index (χ2n) is 8.71. The van der Waals surface area contributed by atoms with Gasteiger partial charge in [0, 0.05) is 30.2 Å². The molecule has 198 valence electrons. The monoisotopic (exact) mass is 532 g/mol. The van der Waals surface area contributed by atoms with Gasteiger partial charge >= 0.3 is 5.97 Å². The number of nitrogens with two attached hydrogens (primary N) is 1. The van der Waals surface area contributed by atoms with Crippen molar-refractivity contribution in [1.82, 2.24) is 5.32 Å². The van der Waals surface area contributed by atoms with Crippen molar-refractivity contribution in [2.24, 2.45) is 5.73 Å². The number of ether oxygens (including phenoxy) is 2. The van der Waals surface area contributed by atoms with Crippen LogP contribution in [0.25, 0.3) is 0 Å². The summed E-state index contributed by atoms with van der Waals surface area (Å²) in [4.78, 5) is 12.6. The third-order valence-corrected chi connectivity index (χ3v) is 5.96. The standard InChI is InChI=1S/C28H31ClF2N2O4/c1-2-18-4-3-5-19(10-18)15-33-16-27(25(32)13-20-11-22(30)14-23(31)12-20)37-28(35)26(34)17-36-24-8-6-21(29)7-9-24/h3-12,14,25-27,33-34H,2,13,15-17,32H2,1H3/t25?,26-,27?/m0/s1. The fourth-order valence-corrected chi connectivity index (χ4v) is 3.86. The fourth-order valence-electron chi connectivity index (χ4n) is 3.73. The summed E-state index contributed by atoms with van der Waals surface area (Å²) < 4.78 is 38.3. The molecule has 0 aromatic heterocycles. The lowest BCUT2D eigenvalue weighted by molar-refractivity contribution is -0.161. The van der Waals surface area contributed by atoms with Gasteiger partial charge in [0.2, 0.25) is 0 Å². The average molecular weight is 533 g/mol. The van der Waals surface area contributed by atoms with Crippen LogP contribution in [0.15, 0.2) is 66.7 Å². The third kappa shape index (κ3) is 9.40. The van der Waals surface area contributed by atoms with E-state index in [0.717, 1.165) is 18.1 Å². The van der Waals surface area contributed by atoms with E-state index in [2.05, 4.69) is 18.3 Å². The van der Waals surface area contributed by atoms with Crippen molar-refractivity contribution in [2.45, 2.75) is 44.6 Å². The number of aliphatic hydroxyl groups excluding tert-OH is 1. The van der Waals surface area contributed by atoms with Crippen molar-refractivity contribution in [3.8, 4) is 5.75 Å². The van der Waals surface area contributed by atoms with Gasteiger partial charge in [-0.15, -0.1) is 0 Å². The normalized spacial score (nSPS) is 13.6. The lowest BCUT2D eigenvalue weighted by Crippen LogP contribution is -2.47. The number of rotatable bonds is 13. The number of esters is 1. The van der Waals surface area contributed by atoms with E-state index in [1.165, 1.54) is 17.7 Å². The van der Waals surface area contributed by atoms with Crippen LogP contribution in [0.2, 0.25) is 5.02 Å². The first-order chi connectivity index (χ1) is 17.7. The summed E-state index contributed by atoms with van der Waals surface area (Å²) in [5, 5.41) is 14.0. The predicted molar refractivity (Wildman–Crippen MR) is 138 cm³/mol. The molecule has 3 rings (SSSR count). The van der Waals surface area contributed by atoms with Crippen molar-refractivity contribution in [3.05, 3.63) is 100 Å². The van der Waals surface area contributed by atoms with Crippen molar-refractivity contribution < 1.29 is 28.2 Å². The Morgan fingerprint density at radius 3 is 2.38 bits per heavy atom. The zero-order valence-electron chi connectivity index (χ0n) is 20.5. The first-order valence-corrected chi connectivity index (χ1v) is 12.4. The third-order valence-electron chi connectivity index (χ3n) is 5.71. The van der Waals surface area contributed by atoms with E-state index in [4.69, 9.17) is 26.8 Å². The molecule has 0 radical (unpaired) electrons. The molecule has 0 amide bonds. The molecule has 9 heteroatoms. The molecule has 0 bridgehead atoms. The maximum Gasteiger partial charge on any atom is 0.338 e. The van der Waals surface area contributed by atoms with Crippen LogP contribution in [0, 0.1) is 11.6 Å². The van der Waals surface area contributed by atoms with Crippen molar-refractivity contribution >= 4 is 17.6 Å². The number of hydrogen-bond acceptors (Lipinski definition) is 6. The van der Waals surface area contributed by atoms with Crippen LogP contribution in [-0.2, 0) is 28.9 Å². The minimum absolute atomic E-state index is 0.0526. The molecule has 37 heavy (non-hydrogen) atoms. The van der Waals surface area contributed by atoms with E-state index in [9.17, 15) is 18.7 Å². The molecule has 0 fully saturated rings. The quantitative estimate of drug-likeness (QED) is 0.286. The topological polar surface area (TPSA) is 93.8 Å². The van der Waals surface area contributed by atoms with Gasteiger partial charge in [0.05, 0.1) is 0 Å². The molecule has 3 atom stereocenters. The molecule has 0 spiro atoms. The molecule has 2 unspecified atom stereocenters. The highest BCUT2D eigenvalue weighted by Crippen LogP contribution is 2.16. The van der Waals surface area contributed by atoms with Gasteiger partial charge in [-0.2, -0.15) is 0 Å². The minimum Gasteiger partial charge on any atom is -0.490 e. The van der Waals surface area contributed by atoms with Crippen LogP contribution >= 0.6 is 11.6 Å². The van der Waals surface area contributed by atoms with Gasteiger partial charge in [-0.3, -0.25) is 0 Å². The zero-order valence-corrected chi connectivity index (χ0v) is 21.3. The van der Waals surface area contributed by atoms with Crippen LogP contribution in [-0.4, -0.2) is 42.5 Å².